The maximum atomic E-state index is 12.3. The zero-order valence-corrected chi connectivity index (χ0v) is 24.7. The third-order valence-corrected chi connectivity index (χ3v) is 7.20. The number of anilines is 2. The monoisotopic (exact) mass is 570 g/mol. The molecule has 3 N–H and O–H groups in total. The Morgan fingerprint density at radius 1 is 1.10 bits per heavy atom. The molecule has 0 atom stereocenters. The summed E-state index contributed by atoms with van der Waals surface area (Å²) in [5.74, 6) is 1.61. The fourth-order valence-electron chi connectivity index (χ4n) is 4.90. The number of likely N-dealkylation sites (N-methyl/N-ethyl adjacent to an activating group) is 1. The summed E-state index contributed by atoms with van der Waals surface area (Å²) >= 11 is 0. The van der Waals surface area contributed by atoms with E-state index in [9.17, 15) is 4.39 Å². The highest BCUT2D eigenvalue weighted by Crippen LogP contribution is 2.29. The van der Waals surface area contributed by atoms with Crippen LogP contribution >= 0.6 is 0 Å². The van der Waals surface area contributed by atoms with Gasteiger partial charge in [-0.2, -0.15) is 10.1 Å². The Kier molecular flexibility index (Phi) is 8.79. The second-order valence-corrected chi connectivity index (χ2v) is 11.1. The van der Waals surface area contributed by atoms with Crippen molar-refractivity contribution in [3.8, 4) is 11.1 Å². The molecular formula is C31H39FN10. The van der Waals surface area contributed by atoms with Crippen molar-refractivity contribution in [2.45, 2.75) is 26.1 Å². The minimum absolute atomic E-state index is 0.424. The number of aromatic nitrogens is 6. The van der Waals surface area contributed by atoms with Crippen LogP contribution in [0.25, 0.3) is 33.8 Å². The Morgan fingerprint density at radius 3 is 2.57 bits per heavy atom. The van der Waals surface area contributed by atoms with E-state index in [0.717, 1.165) is 70.8 Å². The molecule has 6 rings (SSSR count). The zero-order chi connectivity index (χ0) is 29.7. The largest absolute Gasteiger partial charge is 0.354 e. The molecule has 1 fully saturated rings. The van der Waals surface area contributed by atoms with E-state index >= 15 is 0 Å². The molecule has 220 valence electrons. The van der Waals surface area contributed by atoms with Gasteiger partial charge in [-0.05, 0) is 57.3 Å². The molecule has 5 aromatic heterocycles. The quantitative estimate of drug-likeness (QED) is 0.248. The van der Waals surface area contributed by atoms with Crippen molar-refractivity contribution in [1.29, 1.82) is 0 Å². The van der Waals surface area contributed by atoms with Gasteiger partial charge in [-0.25, -0.2) is 18.9 Å². The Labute approximate surface area is 245 Å². The van der Waals surface area contributed by atoms with Crippen LogP contribution in [-0.2, 0) is 6.54 Å². The van der Waals surface area contributed by atoms with Gasteiger partial charge in [0, 0.05) is 80.6 Å². The number of alkyl halides is 1. The summed E-state index contributed by atoms with van der Waals surface area (Å²) in [4.78, 5) is 21.9. The van der Waals surface area contributed by atoms with Crippen molar-refractivity contribution in [1.82, 2.24) is 39.8 Å². The van der Waals surface area contributed by atoms with Gasteiger partial charge in [0.05, 0.1) is 11.7 Å². The first kappa shape index (κ1) is 29.2. The second kappa shape index (κ2) is 12.7. The van der Waals surface area contributed by atoms with Gasteiger partial charge in [0.2, 0.25) is 5.95 Å². The standard InChI is InChI=1S/C26H27N9.C5H12FN/c1-3-19-15-31-35-7-6-20(12-23(19)35)21-16-28-25-22(21)17-30-26(32-25)29-14-18-4-5-24(27-13-18)34-10-8-33(2)9-11-34;1-5(2,6)4-7-3/h3-7,12-13,15-17H,1,8-11,14H2,2H3,(H2,28,29,30,32);7H,4H2,1-3H3. The van der Waals surface area contributed by atoms with Crippen molar-refractivity contribution in [2.75, 3.05) is 57.0 Å². The fourth-order valence-corrected chi connectivity index (χ4v) is 4.90. The van der Waals surface area contributed by atoms with Crippen LogP contribution in [0.4, 0.5) is 16.2 Å². The number of halogens is 1. The number of pyridine rings is 2. The number of nitrogens with zero attached hydrogens (tertiary/aromatic N) is 7. The number of piperazine rings is 1. The van der Waals surface area contributed by atoms with E-state index in [1.54, 1.807) is 20.9 Å². The SMILES string of the molecule is C=Cc1cnn2ccc(-c3c[nH]c4nc(NCc5ccc(N6CCN(C)CC6)nc5)ncc34)cc12.CNCC(C)(C)F. The van der Waals surface area contributed by atoms with Crippen LogP contribution in [0.1, 0.15) is 25.0 Å². The van der Waals surface area contributed by atoms with Gasteiger partial charge < -0.3 is 25.4 Å². The summed E-state index contributed by atoms with van der Waals surface area (Å²) < 4.78 is 14.2. The lowest BCUT2D eigenvalue weighted by Crippen LogP contribution is -2.44. The lowest BCUT2D eigenvalue weighted by atomic mass is 10.1. The van der Waals surface area contributed by atoms with Crippen LogP contribution in [0.15, 0.2) is 61.8 Å². The van der Waals surface area contributed by atoms with E-state index in [0.29, 0.717) is 19.0 Å². The van der Waals surface area contributed by atoms with Crippen LogP contribution in [0.3, 0.4) is 0 Å². The average Bonchev–Trinajstić information content (AvgIpc) is 3.60. The normalized spacial score (nSPS) is 14.2. The summed E-state index contributed by atoms with van der Waals surface area (Å²) in [6, 6.07) is 8.36. The van der Waals surface area contributed by atoms with E-state index in [-0.39, 0.29) is 0 Å². The molecule has 0 aliphatic carbocycles. The zero-order valence-electron chi connectivity index (χ0n) is 24.7. The topological polar surface area (TPSA) is 102 Å². The number of H-pyrrole nitrogens is 1. The molecule has 0 radical (unpaired) electrons. The Morgan fingerprint density at radius 2 is 1.90 bits per heavy atom. The molecule has 0 saturated carbocycles. The highest BCUT2D eigenvalue weighted by molar-refractivity contribution is 5.94. The van der Waals surface area contributed by atoms with Crippen molar-refractivity contribution < 1.29 is 4.39 Å². The van der Waals surface area contributed by atoms with Gasteiger partial charge in [-0.15, -0.1) is 0 Å². The number of hydrogen-bond donors (Lipinski definition) is 3. The van der Waals surface area contributed by atoms with Gasteiger partial charge in [0.15, 0.2) is 0 Å². The average molecular weight is 571 g/mol. The highest BCUT2D eigenvalue weighted by atomic mass is 19.1. The number of rotatable bonds is 8. The van der Waals surface area contributed by atoms with Crippen molar-refractivity contribution in [3.05, 3.63) is 73.0 Å². The maximum Gasteiger partial charge on any atom is 0.224 e. The number of aromatic amines is 1. The molecule has 6 heterocycles. The van der Waals surface area contributed by atoms with E-state index in [1.165, 1.54) is 0 Å². The molecule has 1 aliphatic heterocycles. The van der Waals surface area contributed by atoms with E-state index in [2.05, 4.69) is 77.3 Å². The Bertz CT molecular complexity index is 1630. The van der Waals surface area contributed by atoms with Gasteiger partial charge in [-0.1, -0.05) is 18.7 Å². The number of hydrogen-bond acceptors (Lipinski definition) is 8. The first-order valence-corrected chi connectivity index (χ1v) is 14.1. The molecule has 11 heteroatoms. The third-order valence-electron chi connectivity index (χ3n) is 7.20. The molecule has 10 nitrogen and oxygen atoms in total. The van der Waals surface area contributed by atoms with Crippen molar-refractivity contribution >= 4 is 34.4 Å². The predicted molar refractivity (Wildman–Crippen MR) is 169 cm³/mol. The van der Waals surface area contributed by atoms with Crippen LogP contribution in [0.5, 0.6) is 0 Å². The molecule has 5 aromatic rings. The number of nitrogens with one attached hydrogen (secondary N) is 3. The molecule has 0 amide bonds. The van der Waals surface area contributed by atoms with E-state index < -0.39 is 5.67 Å². The van der Waals surface area contributed by atoms with Crippen molar-refractivity contribution in [2.24, 2.45) is 0 Å². The van der Waals surface area contributed by atoms with Crippen LogP contribution < -0.4 is 15.5 Å². The first-order valence-electron chi connectivity index (χ1n) is 14.1. The molecule has 0 unspecified atom stereocenters. The lowest BCUT2D eigenvalue weighted by Gasteiger charge is -2.33. The minimum atomic E-state index is -1.06. The summed E-state index contributed by atoms with van der Waals surface area (Å²) in [6.07, 6.45) is 11.3. The highest BCUT2D eigenvalue weighted by Gasteiger charge is 2.15. The minimum Gasteiger partial charge on any atom is -0.354 e. The molecule has 1 saturated heterocycles. The van der Waals surface area contributed by atoms with Crippen LogP contribution in [0, 0.1) is 0 Å². The predicted octanol–water partition coefficient (Wildman–Crippen LogP) is 4.63. The Balaban J connectivity index is 0.000000451. The molecule has 42 heavy (non-hydrogen) atoms. The Hall–Kier alpha value is -4.35. The summed E-state index contributed by atoms with van der Waals surface area (Å²) in [6.45, 7) is 12.2. The molecule has 0 aromatic carbocycles. The summed E-state index contributed by atoms with van der Waals surface area (Å²) in [7, 11) is 3.90. The smallest absolute Gasteiger partial charge is 0.224 e. The van der Waals surface area contributed by atoms with E-state index in [4.69, 9.17) is 0 Å². The molecular weight excluding hydrogens is 531 g/mol. The molecule has 0 spiro atoms. The van der Waals surface area contributed by atoms with Crippen LogP contribution in [-0.4, -0.2) is 86.9 Å². The van der Waals surface area contributed by atoms with Crippen LogP contribution in [0.2, 0.25) is 0 Å². The van der Waals surface area contributed by atoms with Crippen molar-refractivity contribution in [3.63, 3.8) is 0 Å². The third kappa shape index (κ3) is 6.92. The van der Waals surface area contributed by atoms with Gasteiger partial charge in [0.1, 0.15) is 17.1 Å². The lowest BCUT2D eigenvalue weighted by molar-refractivity contribution is 0.215. The van der Waals surface area contributed by atoms with Gasteiger partial charge in [-0.3, -0.25) is 0 Å². The molecule has 0 bridgehead atoms. The first-order chi connectivity index (χ1) is 20.2. The maximum absolute atomic E-state index is 12.3. The number of fused-ring (bicyclic) bond motifs is 2. The van der Waals surface area contributed by atoms with Gasteiger partial charge >= 0.3 is 0 Å². The second-order valence-electron chi connectivity index (χ2n) is 11.1. The summed E-state index contributed by atoms with van der Waals surface area (Å²) in [5.41, 5.74) is 4.95. The van der Waals surface area contributed by atoms with Gasteiger partial charge in [0.25, 0.3) is 0 Å². The fraction of sp³-hybridized carbons (Fsp3) is 0.355. The molecule has 1 aliphatic rings. The summed E-state index contributed by atoms with van der Waals surface area (Å²) in [5, 5.41) is 11.4. The van der Waals surface area contributed by atoms with E-state index in [1.807, 2.05) is 47.6 Å².